The molecule has 0 amide bonds. The zero-order chi connectivity index (χ0) is 8.22. The Hall–Kier alpha value is -0.600. The van der Waals surface area contributed by atoms with Gasteiger partial charge in [-0.25, -0.2) is 12.2 Å². The lowest BCUT2D eigenvalue weighted by Crippen LogP contribution is -2.14. The van der Waals surface area contributed by atoms with Crippen LogP contribution in [0.4, 0.5) is 13.2 Å². The molecular weight excluding hydrogens is 153 g/mol. The summed E-state index contributed by atoms with van der Waals surface area (Å²) in [6.07, 6.45) is -2.58. The van der Waals surface area contributed by atoms with Crippen molar-refractivity contribution in [3.8, 4) is 0 Å². The van der Waals surface area contributed by atoms with Crippen LogP contribution in [0.1, 0.15) is 12.8 Å². The van der Waals surface area contributed by atoms with Gasteiger partial charge in [-0.1, -0.05) is 18.8 Å². The van der Waals surface area contributed by atoms with Gasteiger partial charge in [0.25, 0.3) is 0 Å². The van der Waals surface area contributed by atoms with Gasteiger partial charge in [-0.3, -0.25) is 0 Å². The molecule has 2 aliphatic rings. The van der Waals surface area contributed by atoms with E-state index < -0.39 is 12.1 Å². The molecule has 0 aromatic rings. The monoisotopic (exact) mass is 161 g/mol. The predicted molar refractivity (Wildman–Crippen MR) is 34.7 cm³/mol. The van der Waals surface area contributed by atoms with Crippen LogP contribution >= 0.6 is 0 Å². The van der Waals surface area contributed by atoms with Crippen LogP contribution in [-0.4, -0.2) is 6.18 Å². The van der Waals surface area contributed by atoms with Gasteiger partial charge in [0.15, 0.2) is 0 Å². The van der Waals surface area contributed by atoms with Crippen molar-refractivity contribution in [2.45, 2.75) is 19.0 Å². The molecule has 0 aromatic heterocycles. The molecule has 2 rings (SSSR count). The first-order valence-electron chi connectivity index (χ1n) is 3.63. The van der Waals surface area contributed by atoms with Gasteiger partial charge in [0.05, 0.1) is 0 Å². The summed E-state index contributed by atoms with van der Waals surface area (Å²) in [4.78, 5) is 0. The van der Waals surface area contributed by atoms with Crippen molar-refractivity contribution >= 4 is 0 Å². The van der Waals surface area contributed by atoms with Crippen LogP contribution < -0.4 is 0 Å². The van der Waals surface area contributed by atoms with Gasteiger partial charge < -0.3 is 0 Å². The van der Waals surface area contributed by atoms with Gasteiger partial charge in [0.2, 0.25) is 0 Å². The van der Waals surface area contributed by atoms with Crippen LogP contribution in [0.5, 0.6) is 0 Å². The van der Waals surface area contributed by atoms with E-state index in [4.69, 9.17) is 0 Å². The molecule has 0 nitrogen and oxygen atoms in total. The third-order valence-corrected chi connectivity index (χ3v) is 2.55. The zero-order valence-corrected chi connectivity index (χ0v) is 5.91. The Morgan fingerprint density at radius 1 is 1.45 bits per heavy atom. The van der Waals surface area contributed by atoms with Gasteiger partial charge in [-0.15, -0.1) is 0 Å². The molecule has 0 radical (unpaired) electrons. The third-order valence-electron chi connectivity index (χ3n) is 2.55. The van der Waals surface area contributed by atoms with E-state index in [1.54, 1.807) is 0 Å². The molecular formula is C8H8F3-. The molecule has 0 saturated heterocycles. The fraction of sp³-hybridized carbons (Fsp3) is 0.625. The van der Waals surface area contributed by atoms with Gasteiger partial charge in [-0.2, -0.15) is 19.1 Å². The fourth-order valence-electron chi connectivity index (χ4n) is 2.00. The van der Waals surface area contributed by atoms with Crippen molar-refractivity contribution in [2.24, 2.45) is 11.8 Å². The minimum absolute atomic E-state index is 0.192. The van der Waals surface area contributed by atoms with Crippen LogP contribution in [0.25, 0.3) is 0 Å². The average Bonchev–Trinajstić information content (AvgIpc) is 2.47. The van der Waals surface area contributed by atoms with Crippen molar-refractivity contribution in [2.75, 3.05) is 0 Å². The number of fused-ring (bicyclic) bond motifs is 1. The van der Waals surface area contributed by atoms with E-state index in [0.29, 0.717) is 12.3 Å². The van der Waals surface area contributed by atoms with Gasteiger partial charge in [0.1, 0.15) is 0 Å². The van der Waals surface area contributed by atoms with Crippen molar-refractivity contribution in [3.05, 3.63) is 18.1 Å². The van der Waals surface area contributed by atoms with Gasteiger partial charge in [0, 0.05) is 5.92 Å². The molecule has 0 heterocycles. The number of hydrogen-bond acceptors (Lipinski definition) is 0. The van der Waals surface area contributed by atoms with E-state index in [1.807, 2.05) is 0 Å². The van der Waals surface area contributed by atoms with Crippen molar-refractivity contribution in [1.29, 1.82) is 0 Å². The third kappa shape index (κ3) is 0.865. The molecule has 2 aliphatic carbocycles. The molecule has 3 heteroatoms. The zero-order valence-electron chi connectivity index (χ0n) is 5.91. The molecule has 2 saturated carbocycles. The van der Waals surface area contributed by atoms with Crippen LogP contribution in [0.2, 0.25) is 0 Å². The molecule has 0 N–H and O–H groups in total. The summed E-state index contributed by atoms with van der Waals surface area (Å²) in [5.41, 5.74) is 0.734. The number of allylic oxidation sites excluding steroid dienone is 1. The summed E-state index contributed by atoms with van der Waals surface area (Å²) in [5.74, 6) is -0.733. The highest BCUT2D eigenvalue weighted by Crippen LogP contribution is 2.67. The molecule has 0 spiro atoms. The van der Waals surface area contributed by atoms with Crippen LogP contribution in [0.15, 0.2) is 12.2 Å². The minimum Gasteiger partial charge on any atom is -0.242 e. The standard InChI is InChI=1S/C8H8F3/c1-4-2-3-5-6(4)7(5)8(9,10)11/h5,7H,1-3H2/q-1. The van der Waals surface area contributed by atoms with E-state index in [9.17, 15) is 13.2 Å². The Balaban J connectivity index is 2.10. The molecule has 2 atom stereocenters. The first-order valence-corrected chi connectivity index (χ1v) is 3.63. The first kappa shape index (κ1) is 7.07. The van der Waals surface area contributed by atoms with Crippen molar-refractivity contribution in [1.82, 2.24) is 0 Å². The van der Waals surface area contributed by atoms with E-state index in [2.05, 4.69) is 6.58 Å². The summed E-state index contributed by atoms with van der Waals surface area (Å²) in [5, 5.41) is 0. The minimum atomic E-state index is -4.01. The van der Waals surface area contributed by atoms with Crippen molar-refractivity contribution in [3.63, 3.8) is 0 Å². The molecule has 62 valence electrons. The van der Waals surface area contributed by atoms with E-state index >= 15 is 0 Å². The summed E-state index contributed by atoms with van der Waals surface area (Å²) in [6.45, 7) is 3.60. The van der Waals surface area contributed by atoms with Crippen LogP contribution in [0.3, 0.4) is 0 Å². The Bertz CT molecular complexity index is 204. The highest BCUT2D eigenvalue weighted by Gasteiger charge is 2.59. The maximum absolute atomic E-state index is 12.1. The van der Waals surface area contributed by atoms with Crippen LogP contribution in [-0.2, 0) is 0 Å². The second-order valence-corrected chi connectivity index (χ2v) is 3.22. The SMILES string of the molecule is C=C1CCC2[C-]1C2C(F)(F)F. The van der Waals surface area contributed by atoms with Gasteiger partial charge >= 0.3 is 6.18 Å². The number of alkyl halides is 3. The summed E-state index contributed by atoms with van der Waals surface area (Å²) >= 11 is 0. The summed E-state index contributed by atoms with van der Waals surface area (Å²) in [7, 11) is 0. The largest absolute Gasteiger partial charge is 0.380 e. The molecule has 0 bridgehead atoms. The van der Waals surface area contributed by atoms with Gasteiger partial charge in [-0.05, 0) is 0 Å². The second-order valence-electron chi connectivity index (χ2n) is 3.22. The summed E-state index contributed by atoms with van der Waals surface area (Å²) in [6, 6.07) is 0. The fourth-order valence-corrected chi connectivity index (χ4v) is 2.00. The average molecular weight is 161 g/mol. The second kappa shape index (κ2) is 1.76. The quantitative estimate of drug-likeness (QED) is 0.479. The molecule has 11 heavy (non-hydrogen) atoms. The maximum atomic E-state index is 12.1. The Morgan fingerprint density at radius 2 is 2.09 bits per heavy atom. The smallest absolute Gasteiger partial charge is 0.242 e. The highest BCUT2D eigenvalue weighted by atomic mass is 19.4. The summed E-state index contributed by atoms with van der Waals surface area (Å²) < 4.78 is 36.2. The normalized spacial score (nSPS) is 35.9. The highest BCUT2D eigenvalue weighted by molar-refractivity contribution is 5.44. The van der Waals surface area contributed by atoms with E-state index in [-0.39, 0.29) is 5.92 Å². The molecule has 0 aliphatic heterocycles. The first-order chi connectivity index (χ1) is 5.02. The van der Waals surface area contributed by atoms with Crippen LogP contribution in [0, 0.1) is 17.8 Å². The molecule has 2 fully saturated rings. The van der Waals surface area contributed by atoms with E-state index in [0.717, 1.165) is 12.0 Å². The lowest BCUT2D eigenvalue weighted by Gasteiger charge is -2.13. The van der Waals surface area contributed by atoms with Crippen molar-refractivity contribution < 1.29 is 13.2 Å². The molecule has 0 aromatic carbocycles. The Kier molecular flexibility index (Phi) is 1.13. The maximum Gasteiger partial charge on any atom is 0.380 e. The Labute approximate surface area is 63.1 Å². The molecule has 2 unspecified atom stereocenters. The number of hydrogen-bond donors (Lipinski definition) is 0. The lowest BCUT2D eigenvalue weighted by atomic mass is 10.1. The topological polar surface area (TPSA) is 0 Å². The number of halogens is 3. The van der Waals surface area contributed by atoms with E-state index in [1.165, 1.54) is 0 Å². The number of rotatable bonds is 0. The predicted octanol–water partition coefficient (Wildman–Crippen LogP) is 2.72. The Morgan fingerprint density at radius 3 is 2.36 bits per heavy atom. The lowest BCUT2D eigenvalue weighted by molar-refractivity contribution is -0.150.